The van der Waals surface area contributed by atoms with Gasteiger partial charge >= 0.3 is 6.09 Å². The molecule has 2 unspecified atom stereocenters. The molecule has 2 rings (SSSR count). The molecule has 1 fully saturated rings. The van der Waals surface area contributed by atoms with E-state index in [4.69, 9.17) is 20.8 Å². The van der Waals surface area contributed by atoms with Crippen LogP contribution in [0.2, 0.25) is 5.22 Å². The lowest BCUT2D eigenvalue weighted by atomic mass is 10.2. The van der Waals surface area contributed by atoms with Gasteiger partial charge in [-0.1, -0.05) is 0 Å². The van der Waals surface area contributed by atoms with Gasteiger partial charge in [0.25, 0.3) is 0 Å². The molecule has 0 saturated heterocycles. The van der Waals surface area contributed by atoms with Crippen LogP contribution in [0, 0.1) is 0 Å². The number of rotatable bonds is 4. The van der Waals surface area contributed by atoms with Crippen molar-refractivity contribution in [1.29, 1.82) is 0 Å². The second-order valence-electron chi connectivity index (χ2n) is 5.68. The first-order valence-corrected chi connectivity index (χ1v) is 6.68. The molecule has 0 aliphatic heterocycles. The molecule has 0 spiro atoms. The Labute approximate surface area is 117 Å². The second-order valence-corrected chi connectivity index (χ2v) is 6.05. The van der Waals surface area contributed by atoms with Gasteiger partial charge in [-0.15, -0.1) is 0 Å². The number of hydrogen-bond acceptors (Lipinski definition) is 4. The zero-order valence-electron chi connectivity index (χ0n) is 11.3. The Morgan fingerprint density at radius 2 is 2.21 bits per heavy atom. The first-order chi connectivity index (χ1) is 8.83. The predicted molar refractivity (Wildman–Crippen MR) is 72.1 cm³/mol. The monoisotopic (exact) mass is 286 g/mol. The van der Waals surface area contributed by atoms with Crippen LogP contribution in [-0.4, -0.2) is 23.8 Å². The van der Waals surface area contributed by atoms with Crippen molar-refractivity contribution < 1.29 is 13.9 Å². The van der Waals surface area contributed by atoms with Crippen molar-refractivity contribution >= 4 is 17.7 Å². The maximum atomic E-state index is 11.5. The van der Waals surface area contributed by atoms with Crippen LogP contribution < -0.4 is 10.6 Å². The van der Waals surface area contributed by atoms with E-state index in [1.807, 2.05) is 26.8 Å². The standard InChI is InChI=1S/C13H19ClN2O3/c1-13(2,3)19-12(17)16-10-6-9(10)15-7-8-4-5-11(14)18-8/h4-5,9-10,15H,6-7H2,1-3H3,(H,16,17). The molecule has 1 amide bonds. The number of amides is 1. The highest BCUT2D eigenvalue weighted by molar-refractivity contribution is 6.28. The minimum atomic E-state index is -0.465. The molecule has 2 N–H and O–H groups in total. The quantitative estimate of drug-likeness (QED) is 0.893. The summed E-state index contributed by atoms with van der Waals surface area (Å²) in [5.41, 5.74) is -0.465. The third-order valence-corrected chi connectivity index (χ3v) is 2.86. The Morgan fingerprint density at radius 3 is 2.79 bits per heavy atom. The molecular formula is C13H19ClN2O3. The van der Waals surface area contributed by atoms with E-state index in [1.165, 1.54) is 0 Å². The first-order valence-electron chi connectivity index (χ1n) is 6.30. The Bertz CT molecular complexity index is 453. The van der Waals surface area contributed by atoms with Gasteiger partial charge in [-0.3, -0.25) is 0 Å². The Balaban J connectivity index is 1.66. The maximum absolute atomic E-state index is 11.5. The molecule has 1 aliphatic rings. The molecule has 0 radical (unpaired) electrons. The molecule has 1 heterocycles. The van der Waals surface area contributed by atoms with Gasteiger partial charge < -0.3 is 19.8 Å². The fraction of sp³-hybridized carbons (Fsp3) is 0.615. The summed E-state index contributed by atoms with van der Waals surface area (Å²) in [5.74, 6) is 0.785. The number of halogens is 1. The van der Waals surface area contributed by atoms with Crippen molar-refractivity contribution in [3.63, 3.8) is 0 Å². The third-order valence-electron chi connectivity index (χ3n) is 2.66. The third kappa shape index (κ3) is 4.76. The average Bonchev–Trinajstić information content (AvgIpc) is 2.84. The Kier molecular flexibility index (Phi) is 4.06. The van der Waals surface area contributed by atoms with E-state index in [0.717, 1.165) is 12.2 Å². The van der Waals surface area contributed by atoms with E-state index >= 15 is 0 Å². The second kappa shape index (κ2) is 5.43. The van der Waals surface area contributed by atoms with Gasteiger partial charge in [-0.2, -0.15) is 0 Å². The molecule has 1 saturated carbocycles. The zero-order chi connectivity index (χ0) is 14.0. The number of ether oxygens (including phenoxy) is 1. The zero-order valence-corrected chi connectivity index (χ0v) is 12.1. The van der Waals surface area contributed by atoms with Crippen molar-refractivity contribution in [2.45, 2.75) is 51.4 Å². The van der Waals surface area contributed by atoms with Crippen molar-refractivity contribution in [3.8, 4) is 0 Å². The smallest absolute Gasteiger partial charge is 0.407 e. The maximum Gasteiger partial charge on any atom is 0.407 e. The molecule has 1 aromatic rings. The highest BCUT2D eigenvalue weighted by atomic mass is 35.5. The summed E-state index contributed by atoms with van der Waals surface area (Å²) >= 11 is 5.68. The SMILES string of the molecule is CC(C)(C)OC(=O)NC1CC1NCc1ccc(Cl)o1. The normalized spacial score (nSPS) is 22.1. The molecule has 0 bridgehead atoms. The van der Waals surface area contributed by atoms with Gasteiger partial charge in [0.2, 0.25) is 0 Å². The summed E-state index contributed by atoms with van der Waals surface area (Å²) in [7, 11) is 0. The number of furan rings is 1. The van der Waals surface area contributed by atoms with E-state index in [0.29, 0.717) is 11.8 Å². The summed E-state index contributed by atoms with van der Waals surface area (Å²) in [6.45, 7) is 6.13. The summed E-state index contributed by atoms with van der Waals surface area (Å²) < 4.78 is 10.4. The van der Waals surface area contributed by atoms with Crippen molar-refractivity contribution in [2.75, 3.05) is 0 Å². The Hall–Kier alpha value is -1.20. The fourth-order valence-electron chi connectivity index (χ4n) is 1.72. The van der Waals surface area contributed by atoms with Crippen molar-refractivity contribution in [1.82, 2.24) is 10.6 Å². The molecule has 2 atom stereocenters. The van der Waals surface area contributed by atoms with Gasteiger partial charge in [0.15, 0.2) is 5.22 Å². The number of carbonyl (C=O) groups is 1. The lowest BCUT2D eigenvalue weighted by molar-refractivity contribution is 0.0522. The van der Waals surface area contributed by atoms with Crippen LogP contribution >= 0.6 is 11.6 Å². The van der Waals surface area contributed by atoms with Gasteiger partial charge in [-0.25, -0.2) is 4.79 Å². The molecule has 5 nitrogen and oxygen atoms in total. The molecule has 0 aromatic carbocycles. The summed E-state index contributed by atoms with van der Waals surface area (Å²) in [6, 6.07) is 3.92. The van der Waals surface area contributed by atoms with E-state index in [1.54, 1.807) is 6.07 Å². The average molecular weight is 287 g/mol. The summed E-state index contributed by atoms with van der Waals surface area (Å²) in [4.78, 5) is 11.5. The largest absolute Gasteiger partial charge is 0.448 e. The highest BCUT2D eigenvalue weighted by Gasteiger charge is 2.39. The van der Waals surface area contributed by atoms with Crippen LogP contribution in [0.25, 0.3) is 0 Å². The van der Waals surface area contributed by atoms with Gasteiger partial charge in [0.05, 0.1) is 6.54 Å². The van der Waals surface area contributed by atoms with Gasteiger partial charge in [0.1, 0.15) is 11.4 Å². The number of nitrogens with one attached hydrogen (secondary N) is 2. The van der Waals surface area contributed by atoms with E-state index < -0.39 is 5.60 Å². The number of alkyl carbamates (subject to hydrolysis) is 1. The van der Waals surface area contributed by atoms with E-state index in [9.17, 15) is 4.79 Å². The first kappa shape index (κ1) is 14.2. The molecule has 19 heavy (non-hydrogen) atoms. The fourth-order valence-corrected chi connectivity index (χ4v) is 1.88. The van der Waals surface area contributed by atoms with Crippen LogP contribution in [0.4, 0.5) is 4.79 Å². The van der Waals surface area contributed by atoms with Crippen molar-refractivity contribution in [3.05, 3.63) is 23.1 Å². The van der Waals surface area contributed by atoms with Crippen molar-refractivity contribution in [2.24, 2.45) is 0 Å². The molecular weight excluding hydrogens is 268 g/mol. The lowest BCUT2D eigenvalue weighted by Crippen LogP contribution is -2.36. The molecule has 106 valence electrons. The van der Waals surface area contributed by atoms with Crippen LogP contribution in [0.1, 0.15) is 33.0 Å². The van der Waals surface area contributed by atoms with E-state index in [-0.39, 0.29) is 18.2 Å². The topological polar surface area (TPSA) is 63.5 Å². The molecule has 1 aromatic heterocycles. The minimum Gasteiger partial charge on any atom is -0.448 e. The molecule has 6 heteroatoms. The van der Waals surface area contributed by atoms with Crippen LogP contribution in [0.5, 0.6) is 0 Å². The predicted octanol–water partition coefficient (Wildman–Crippen LogP) is 2.69. The van der Waals surface area contributed by atoms with Crippen LogP contribution in [0.15, 0.2) is 16.5 Å². The van der Waals surface area contributed by atoms with Gasteiger partial charge in [0, 0.05) is 12.1 Å². The van der Waals surface area contributed by atoms with Crippen LogP contribution in [0.3, 0.4) is 0 Å². The lowest BCUT2D eigenvalue weighted by Gasteiger charge is -2.19. The summed E-state index contributed by atoms with van der Waals surface area (Å²) in [5, 5.41) is 6.49. The number of carbonyl (C=O) groups excluding carboxylic acids is 1. The minimum absolute atomic E-state index is 0.125. The molecule has 1 aliphatic carbocycles. The Morgan fingerprint density at radius 1 is 1.47 bits per heavy atom. The highest BCUT2D eigenvalue weighted by Crippen LogP contribution is 2.23. The van der Waals surface area contributed by atoms with Crippen LogP contribution in [-0.2, 0) is 11.3 Å². The van der Waals surface area contributed by atoms with Gasteiger partial charge in [-0.05, 0) is 50.9 Å². The van der Waals surface area contributed by atoms with E-state index in [2.05, 4.69) is 10.6 Å². The number of hydrogen-bond donors (Lipinski definition) is 2. The summed E-state index contributed by atoms with van der Waals surface area (Å²) in [6.07, 6.45) is 0.524.